The molecule has 1 fully saturated rings. The molecule has 5 atom stereocenters. The molecule has 5 aromatic rings. The number of nitrogens with zero attached hydrogens (tertiary/aromatic N) is 2. The number of para-hydroxylation sites is 1. The first-order valence-electron chi connectivity index (χ1n) is 22.6. The van der Waals surface area contributed by atoms with Gasteiger partial charge in [-0.1, -0.05) is 72.8 Å². The predicted octanol–water partition coefficient (Wildman–Crippen LogP) is 1.80. The number of carbonyl (C=O) groups is 7. The van der Waals surface area contributed by atoms with Crippen molar-refractivity contribution >= 4 is 69.0 Å². The first kappa shape index (κ1) is 47.2. The van der Waals surface area contributed by atoms with E-state index in [-0.39, 0.29) is 68.8 Å². The average Bonchev–Trinajstić information content (AvgIpc) is 3.99. The van der Waals surface area contributed by atoms with Crippen LogP contribution in [0.4, 0.5) is 0 Å². The summed E-state index contributed by atoms with van der Waals surface area (Å²) in [4.78, 5) is 107. The molecule has 0 radical (unpaired) electrons. The number of hydrogen-bond acceptors (Lipinski definition) is 8. The third kappa shape index (κ3) is 11.9. The van der Waals surface area contributed by atoms with Gasteiger partial charge in [0.2, 0.25) is 29.5 Å². The molecule has 0 aliphatic carbocycles. The van der Waals surface area contributed by atoms with Crippen LogP contribution in [-0.2, 0) is 36.8 Å². The second-order valence-corrected chi connectivity index (χ2v) is 17.0. The molecular formula is C49H57N11O7. The molecule has 7 rings (SSSR count). The summed E-state index contributed by atoms with van der Waals surface area (Å²) in [7, 11) is 0. The quantitative estimate of drug-likeness (QED) is 0.0591. The van der Waals surface area contributed by atoms with Gasteiger partial charge < -0.3 is 53.7 Å². The standard InChI is InChI=1S/C49H57N11O7/c50-42(61)37-17-7-8-22-53-43(62)34-14-3-4-15-35(34)48(67)60-24-10-19-41(60)47(66)59-39(26-29-20-21-30-11-1-2-12-31(30)25-29)45(64)57-38(18-9-23-54-49(51)52)44(63)58-40(46(65)56-37)27-32-28-55-36-16-6-5-13-33(32)36/h1-6,11-16,20-21,25,28,37-41,55H,7-10,17-19,22-24,26-27H2,(H2,50,61)(H,53,62)(H,56,65)(H,57,64)(H,58,63)(H,59,66)(H4,51,52,54)/t37-,38-,39+,40-,41-/m0/s1. The van der Waals surface area contributed by atoms with E-state index in [0.29, 0.717) is 36.8 Å². The van der Waals surface area contributed by atoms with Gasteiger partial charge >= 0.3 is 0 Å². The summed E-state index contributed by atoms with van der Waals surface area (Å²) in [5.41, 5.74) is 19.4. The number of benzene rings is 4. The predicted molar refractivity (Wildman–Crippen MR) is 253 cm³/mol. The molecule has 7 amide bonds. The topological polar surface area (TPSA) is 289 Å². The molecule has 0 unspecified atom stereocenters. The summed E-state index contributed by atoms with van der Waals surface area (Å²) in [5, 5.41) is 16.9. The van der Waals surface area contributed by atoms with Gasteiger partial charge in [0.1, 0.15) is 30.2 Å². The summed E-state index contributed by atoms with van der Waals surface area (Å²) in [6, 6.07) is 21.3. The molecule has 4 aromatic carbocycles. The number of hydrogen-bond donors (Lipinski definition) is 9. The number of aliphatic imine (C=N–C) groups is 1. The fraction of sp³-hybridized carbons (Fsp3) is 0.347. The van der Waals surface area contributed by atoms with E-state index in [0.717, 1.165) is 21.7 Å². The number of nitrogens with one attached hydrogen (secondary N) is 6. The Hall–Kier alpha value is -7.76. The number of amides is 7. The zero-order valence-corrected chi connectivity index (χ0v) is 37.1. The summed E-state index contributed by atoms with van der Waals surface area (Å²) in [5.74, 6) is -4.66. The number of carbonyl (C=O) groups excluding carboxylic acids is 7. The minimum absolute atomic E-state index is 0.00744. The van der Waals surface area contributed by atoms with Crippen LogP contribution in [0.5, 0.6) is 0 Å². The van der Waals surface area contributed by atoms with Gasteiger partial charge in [0, 0.05) is 49.6 Å². The molecule has 18 heteroatoms. The summed E-state index contributed by atoms with van der Waals surface area (Å²) in [6.45, 7) is 0.535. The number of rotatable bonds is 9. The Labute approximate surface area is 387 Å². The van der Waals surface area contributed by atoms with Crippen LogP contribution in [0.2, 0.25) is 0 Å². The number of guanidine groups is 1. The third-order valence-electron chi connectivity index (χ3n) is 12.3. The minimum Gasteiger partial charge on any atom is -0.370 e. The van der Waals surface area contributed by atoms with Crippen molar-refractivity contribution < 1.29 is 33.6 Å². The monoisotopic (exact) mass is 911 g/mol. The van der Waals surface area contributed by atoms with Crippen LogP contribution in [-0.4, -0.2) is 107 Å². The molecule has 1 aromatic heterocycles. The normalized spacial score (nSPS) is 21.6. The van der Waals surface area contributed by atoms with Crippen LogP contribution in [0.15, 0.2) is 102 Å². The van der Waals surface area contributed by atoms with Gasteiger partial charge in [-0.25, -0.2) is 0 Å². The van der Waals surface area contributed by atoms with Crippen LogP contribution >= 0.6 is 0 Å². The third-order valence-corrected chi connectivity index (χ3v) is 12.3. The van der Waals surface area contributed by atoms with Gasteiger partial charge in [0.05, 0.1) is 11.1 Å². The molecule has 12 N–H and O–H groups in total. The maximum absolute atomic E-state index is 14.7. The number of nitrogens with two attached hydrogens (primary N) is 3. The highest BCUT2D eigenvalue weighted by molar-refractivity contribution is 6.08. The van der Waals surface area contributed by atoms with E-state index >= 15 is 0 Å². The molecule has 0 bridgehead atoms. The van der Waals surface area contributed by atoms with Gasteiger partial charge in [-0.15, -0.1) is 0 Å². The molecule has 18 nitrogen and oxygen atoms in total. The Morgan fingerprint density at radius 1 is 0.672 bits per heavy atom. The largest absolute Gasteiger partial charge is 0.370 e. The lowest BCUT2D eigenvalue weighted by molar-refractivity contribution is -0.135. The first-order valence-corrected chi connectivity index (χ1v) is 22.6. The highest BCUT2D eigenvalue weighted by Crippen LogP contribution is 2.24. The Morgan fingerprint density at radius 2 is 1.34 bits per heavy atom. The lowest BCUT2D eigenvalue weighted by Crippen LogP contribution is -2.59. The first-order chi connectivity index (χ1) is 32.4. The number of aromatic nitrogens is 1. The van der Waals surface area contributed by atoms with E-state index in [1.54, 1.807) is 18.3 Å². The van der Waals surface area contributed by atoms with Crippen molar-refractivity contribution in [2.75, 3.05) is 19.6 Å². The fourth-order valence-electron chi connectivity index (χ4n) is 8.76. The summed E-state index contributed by atoms with van der Waals surface area (Å²) >= 11 is 0. The van der Waals surface area contributed by atoms with Gasteiger partial charge in [-0.2, -0.15) is 0 Å². The van der Waals surface area contributed by atoms with Crippen molar-refractivity contribution in [1.82, 2.24) is 36.5 Å². The fourth-order valence-corrected chi connectivity index (χ4v) is 8.76. The molecule has 2 aliphatic rings. The van der Waals surface area contributed by atoms with Crippen molar-refractivity contribution in [3.8, 4) is 0 Å². The Bertz CT molecular complexity index is 2680. The number of H-pyrrole nitrogens is 1. The van der Waals surface area contributed by atoms with E-state index in [1.807, 2.05) is 66.7 Å². The minimum atomic E-state index is -1.27. The van der Waals surface area contributed by atoms with Gasteiger partial charge in [0.15, 0.2) is 5.96 Å². The highest BCUT2D eigenvalue weighted by Gasteiger charge is 2.38. The lowest BCUT2D eigenvalue weighted by Gasteiger charge is -2.28. The number of aromatic amines is 1. The van der Waals surface area contributed by atoms with Crippen molar-refractivity contribution in [2.45, 2.75) is 88.0 Å². The summed E-state index contributed by atoms with van der Waals surface area (Å²) < 4.78 is 0. The van der Waals surface area contributed by atoms with Crippen molar-refractivity contribution in [3.63, 3.8) is 0 Å². The SMILES string of the molecule is NC(=O)[C@@H]1CCCCNC(=O)c2ccccc2C(=O)N2CCC[C@H]2C(=O)N[C@H](Cc2ccc3ccccc3c2)C(=O)N[C@@H](CCCN=C(N)N)C(=O)N[C@@H](Cc2c[nH]c3ccccc23)C(=O)N1. The molecule has 350 valence electrons. The van der Waals surface area contributed by atoms with Crippen molar-refractivity contribution in [1.29, 1.82) is 0 Å². The van der Waals surface area contributed by atoms with Crippen LogP contribution in [0.1, 0.15) is 76.8 Å². The van der Waals surface area contributed by atoms with Gasteiger partial charge in [-0.05, 0) is 85.0 Å². The highest BCUT2D eigenvalue weighted by atomic mass is 16.2. The Morgan fingerprint density at radius 3 is 2.13 bits per heavy atom. The molecule has 1 saturated heterocycles. The summed E-state index contributed by atoms with van der Waals surface area (Å²) in [6.07, 6.45) is 3.68. The molecular weight excluding hydrogens is 855 g/mol. The maximum atomic E-state index is 14.7. The molecule has 0 saturated carbocycles. The van der Waals surface area contributed by atoms with E-state index in [4.69, 9.17) is 17.2 Å². The molecule has 2 aliphatic heterocycles. The van der Waals surface area contributed by atoms with Crippen LogP contribution in [0, 0.1) is 0 Å². The Balaban J connectivity index is 1.25. The number of fused-ring (bicyclic) bond motifs is 4. The van der Waals surface area contributed by atoms with Gasteiger partial charge in [0.25, 0.3) is 11.8 Å². The van der Waals surface area contributed by atoms with E-state index in [1.165, 1.54) is 17.0 Å². The zero-order chi connectivity index (χ0) is 47.5. The van der Waals surface area contributed by atoms with Crippen LogP contribution < -0.4 is 43.8 Å². The van der Waals surface area contributed by atoms with Crippen LogP contribution in [0.3, 0.4) is 0 Å². The molecule has 0 spiro atoms. The van der Waals surface area contributed by atoms with Crippen LogP contribution in [0.25, 0.3) is 21.7 Å². The zero-order valence-electron chi connectivity index (χ0n) is 37.1. The average molecular weight is 912 g/mol. The molecule has 67 heavy (non-hydrogen) atoms. The Kier molecular flexibility index (Phi) is 15.5. The van der Waals surface area contributed by atoms with Gasteiger partial charge in [-0.3, -0.25) is 38.6 Å². The van der Waals surface area contributed by atoms with E-state index in [2.05, 4.69) is 36.6 Å². The maximum Gasteiger partial charge on any atom is 0.255 e. The lowest BCUT2D eigenvalue weighted by atomic mass is 9.99. The number of primary amides is 1. The van der Waals surface area contributed by atoms with E-state index in [9.17, 15) is 33.6 Å². The second-order valence-electron chi connectivity index (χ2n) is 17.0. The van der Waals surface area contributed by atoms with E-state index < -0.39 is 71.6 Å². The van der Waals surface area contributed by atoms with Crippen molar-refractivity contribution in [2.24, 2.45) is 22.2 Å². The molecule has 3 heterocycles. The second kappa shape index (κ2) is 21.9. The smallest absolute Gasteiger partial charge is 0.255 e. The van der Waals surface area contributed by atoms with Crippen molar-refractivity contribution in [3.05, 3.63) is 119 Å².